The second-order valence-electron chi connectivity index (χ2n) is 4.11. The SMILES string of the molecule is CC(C)n1ncc2cc(NC(=O)C(F)F)cnc21. The maximum absolute atomic E-state index is 12.1. The lowest BCUT2D eigenvalue weighted by molar-refractivity contribution is -0.126. The van der Waals surface area contributed by atoms with Crippen LogP contribution < -0.4 is 5.32 Å². The van der Waals surface area contributed by atoms with E-state index in [4.69, 9.17) is 0 Å². The van der Waals surface area contributed by atoms with E-state index in [9.17, 15) is 13.6 Å². The molecule has 96 valence electrons. The molecule has 0 bridgehead atoms. The molecule has 18 heavy (non-hydrogen) atoms. The van der Waals surface area contributed by atoms with Crippen LogP contribution in [0.5, 0.6) is 0 Å². The summed E-state index contributed by atoms with van der Waals surface area (Å²) in [6, 6.07) is 1.71. The topological polar surface area (TPSA) is 59.8 Å². The molecule has 0 aliphatic heterocycles. The van der Waals surface area contributed by atoms with Crippen molar-refractivity contribution < 1.29 is 13.6 Å². The maximum atomic E-state index is 12.1. The van der Waals surface area contributed by atoms with E-state index in [1.807, 2.05) is 13.8 Å². The summed E-state index contributed by atoms with van der Waals surface area (Å²) < 4.78 is 25.9. The largest absolute Gasteiger partial charge is 0.320 e. The number of hydrogen-bond donors (Lipinski definition) is 1. The molecule has 0 aliphatic carbocycles. The molecular weight excluding hydrogens is 242 g/mol. The lowest BCUT2D eigenvalue weighted by Crippen LogP contribution is -2.20. The van der Waals surface area contributed by atoms with Gasteiger partial charge in [0.2, 0.25) is 0 Å². The molecule has 2 aromatic rings. The molecule has 1 amide bonds. The van der Waals surface area contributed by atoms with Gasteiger partial charge in [-0.15, -0.1) is 0 Å². The lowest BCUT2D eigenvalue weighted by atomic mass is 10.3. The Morgan fingerprint density at radius 1 is 1.39 bits per heavy atom. The Hall–Kier alpha value is -2.05. The molecule has 1 N–H and O–H groups in total. The van der Waals surface area contributed by atoms with E-state index in [2.05, 4.69) is 15.4 Å². The number of halogens is 2. The van der Waals surface area contributed by atoms with Crippen molar-refractivity contribution >= 4 is 22.6 Å². The molecule has 2 rings (SSSR count). The number of alkyl halides is 2. The molecule has 0 spiro atoms. The van der Waals surface area contributed by atoms with Crippen molar-refractivity contribution in [1.82, 2.24) is 14.8 Å². The zero-order valence-corrected chi connectivity index (χ0v) is 9.89. The van der Waals surface area contributed by atoms with Crippen molar-refractivity contribution in [2.24, 2.45) is 0 Å². The van der Waals surface area contributed by atoms with Gasteiger partial charge in [-0.2, -0.15) is 13.9 Å². The number of aromatic nitrogens is 3. The molecule has 0 saturated heterocycles. The van der Waals surface area contributed by atoms with Gasteiger partial charge in [-0.1, -0.05) is 0 Å². The summed E-state index contributed by atoms with van der Waals surface area (Å²) in [6.45, 7) is 3.92. The van der Waals surface area contributed by atoms with E-state index in [1.54, 1.807) is 16.9 Å². The highest BCUT2D eigenvalue weighted by atomic mass is 19.3. The average molecular weight is 254 g/mol. The third-order valence-corrected chi connectivity index (χ3v) is 2.39. The Balaban J connectivity index is 2.32. The number of nitrogens with one attached hydrogen (secondary N) is 1. The highest BCUT2D eigenvalue weighted by molar-refractivity contribution is 5.94. The number of fused-ring (bicyclic) bond motifs is 1. The van der Waals surface area contributed by atoms with Crippen LogP contribution in [0, 0.1) is 0 Å². The number of nitrogens with zero attached hydrogens (tertiary/aromatic N) is 3. The first kappa shape index (κ1) is 12.4. The summed E-state index contributed by atoms with van der Waals surface area (Å²) in [5, 5.41) is 6.92. The highest BCUT2D eigenvalue weighted by Crippen LogP contribution is 2.19. The van der Waals surface area contributed by atoms with Gasteiger partial charge in [0.25, 0.3) is 5.91 Å². The van der Waals surface area contributed by atoms with Crippen LogP contribution in [-0.4, -0.2) is 27.1 Å². The fourth-order valence-electron chi connectivity index (χ4n) is 1.58. The van der Waals surface area contributed by atoms with Gasteiger partial charge in [0, 0.05) is 11.4 Å². The molecule has 7 heteroatoms. The normalized spacial score (nSPS) is 11.4. The van der Waals surface area contributed by atoms with Crippen molar-refractivity contribution in [3.63, 3.8) is 0 Å². The van der Waals surface area contributed by atoms with Gasteiger partial charge in [-0.05, 0) is 19.9 Å². The first-order chi connectivity index (χ1) is 8.49. The molecule has 0 saturated carbocycles. The molecule has 5 nitrogen and oxygen atoms in total. The number of anilines is 1. The summed E-state index contributed by atoms with van der Waals surface area (Å²) >= 11 is 0. The zero-order valence-electron chi connectivity index (χ0n) is 9.89. The summed E-state index contributed by atoms with van der Waals surface area (Å²) in [6.07, 6.45) is -0.122. The summed E-state index contributed by atoms with van der Waals surface area (Å²) in [5.41, 5.74) is 0.885. The number of hydrogen-bond acceptors (Lipinski definition) is 3. The number of amides is 1. The molecule has 2 heterocycles. The second kappa shape index (κ2) is 4.67. The Labute approximate surface area is 102 Å². The quantitative estimate of drug-likeness (QED) is 0.913. The van der Waals surface area contributed by atoms with Crippen LogP contribution in [0.15, 0.2) is 18.5 Å². The summed E-state index contributed by atoms with van der Waals surface area (Å²) in [5.74, 6) is -1.34. The monoisotopic (exact) mass is 254 g/mol. The number of carbonyl (C=O) groups is 1. The number of pyridine rings is 1. The van der Waals surface area contributed by atoms with Crippen molar-refractivity contribution in [3.05, 3.63) is 18.5 Å². The highest BCUT2D eigenvalue weighted by Gasteiger charge is 2.16. The van der Waals surface area contributed by atoms with Gasteiger partial charge in [0.15, 0.2) is 5.65 Å². The van der Waals surface area contributed by atoms with Crippen LogP contribution in [0.2, 0.25) is 0 Å². The molecule has 0 aliphatic rings. The molecule has 0 fully saturated rings. The van der Waals surface area contributed by atoms with Gasteiger partial charge >= 0.3 is 6.43 Å². The zero-order chi connectivity index (χ0) is 13.3. The van der Waals surface area contributed by atoms with E-state index < -0.39 is 12.3 Å². The Morgan fingerprint density at radius 3 is 2.72 bits per heavy atom. The molecule has 0 unspecified atom stereocenters. The van der Waals surface area contributed by atoms with Crippen LogP contribution >= 0.6 is 0 Å². The fourth-order valence-corrected chi connectivity index (χ4v) is 1.58. The van der Waals surface area contributed by atoms with Crippen molar-refractivity contribution in [3.8, 4) is 0 Å². The lowest BCUT2D eigenvalue weighted by Gasteiger charge is -2.07. The molecule has 0 aromatic carbocycles. The third kappa shape index (κ3) is 2.29. The summed E-state index contributed by atoms with van der Waals surface area (Å²) in [7, 11) is 0. The Bertz CT molecular complexity index is 579. The van der Waals surface area contributed by atoms with Crippen LogP contribution in [0.1, 0.15) is 19.9 Å². The van der Waals surface area contributed by atoms with Gasteiger partial charge < -0.3 is 5.32 Å². The van der Waals surface area contributed by atoms with E-state index in [1.165, 1.54) is 6.20 Å². The summed E-state index contributed by atoms with van der Waals surface area (Å²) in [4.78, 5) is 15.0. The molecular formula is C11H12F2N4O. The van der Waals surface area contributed by atoms with E-state index in [-0.39, 0.29) is 11.7 Å². The fraction of sp³-hybridized carbons (Fsp3) is 0.364. The number of carbonyl (C=O) groups excluding carboxylic acids is 1. The predicted molar refractivity (Wildman–Crippen MR) is 62.5 cm³/mol. The molecule has 0 atom stereocenters. The van der Waals surface area contributed by atoms with Gasteiger partial charge in [-0.3, -0.25) is 4.79 Å². The minimum Gasteiger partial charge on any atom is -0.320 e. The van der Waals surface area contributed by atoms with Crippen LogP contribution in [0.4, 0.5) is 14.5 Å². The molecule has 2 aromatic heterocycles. The minimum absolute atomic E-state index is 0.150. The van der Waals surface area contributed by atoms with E-state index in [0.717, 1.165) is 0 Å². The first-order valence-electron chi connectivity index (χ1n) is 5.41. The van der Waals surface area contributed by atoms with Gasteiger partial charge in [0.05, 0.1) is 18.1 Å². The Morgan fingerprint density at radius 2 is 2.11 bits per heavy atom. The maximum Gasteiger partial charge on any atom is 0.315 e. The molecule has 0 radical (unpaired) electrons. The standard InChI is InChI=1S/C11H12F2N4O/c1-6(2)17-10-7(4-15-17)3-8(5-14-10)16-11(18)9(12)13/h3-6,9H,1-2H3,(H,16,18). The van der Waals surface area contributed by atoms with E-state index in [0.29, 0.717) is 11.0 Å². The number of rotatable bonds is 3. The van der Waals surface area contributed by atoms with Gasteiger partial charge in [0.1, 0.15) is 0 Å². The Kier molecular flexibility index (Phi) is 3.22. The first-order valence-corrected chi connectivity index (χ1v) is 5.41. The van der Waals surface area contributed by atoms with Gasteiger partial charge in [-0.25, -0.2) is 9.67 Å². The second-order valence-corrected chi connectivity index (χ2v) is 4.11. The van der Waals surface area contributed by atoms with Crippen molar-refractivity contribution in [1.29, 1.82) is 0 Å². The van der Waals surface area contributed by atoms with E-state index >= 15 is 0 Å². The minimum atomic E-state index is -3.04. The van der Waals surface area contributed by atoms with Crippen LogP contribution in [-0.2, 0) is 4.79 Å². The van der Waals surface area contributed by atoms with Crippen LogP contribution in [0.25, 0.3) is 11.0 Å². The average Bonchev–Trinajstić information content (AvgIpc) is 2.71. The van der Waals surface area contributed by atoms with Crippen LogP contribution in [0.3, 0.4) is 0 Å². The predicted octanol–water partition coefficient (Wildman–Crippen LogP) is 2.22. The van der Waals surface area contributed by atoms with Crippen molar-refractivity contribution in [2.45, 2.75) is 26.3 Å². The third-order valence-electron chi connectivity index (χ3n) is 2.39. The smallest absolute Gasteiger partial charge is 0.315 e. The van der Waals surface area contributed by atoms with Crippen molar-refractivity contribution in [2.75, 3.05) is 5.32 Å².